The van der Waals surface area contributed by atoms with Crippen molar-refractivity contribution in [2.24, 2.45) is 5.10 Å². The van der Waals surface area contributed by atoms with Crippen molar-refractivity contribution in [3.05, 3.63) is 57.5 Å². The van der Waals surface area contributed by atoms with Crippen molar-refractivity contribution in [2.45, 2.75) is 23.8 Å². The Hall–Kier alpha value is -1.94. The molecule has 1 aliphatic rings. The van der Waals surface area contributed by atoms with Gasteiger partial charge in [0, 0.05) is 30.1 Å². The van der Waals surface area contributed by atoms with Crippen LogP contribution >= 0.6 is 27.5 Å². The summed E-state index contributed by atoms with van der Waals surface area (Å²) in [5, 5.41) is 4.45. The molecule has 10 heteroatoms. The number of nitrogens with zero attached hydrogens (tertiary/aromatic N) is 3. The van der Waals surface area contributed by atoms with Gasteiger partial charge in [0.1, 0.15) is 6.04 Å². The molecule has 160 valence electrons. The molecular formula is C20H22BrClN4O3S. The van der Waals surface area contributed by atoms with Crippen molar-refractivity contribution < 1.29 is 13.2 Å². The van der Waals surface area contributed by atoms with E-state index in [-0.39, 0.29) is 11.4 Å². The van der Waals surface area contributed by atoms with Crippen LogP contribution in [0.25, 0.3) is 0 Å². The van der Waals surface area contributed by atoms with Gasteiger partial charge < -0.3 is 4.90 Å². The van der Waals surface area contributed by atoms with Crippen LogP contribution < -0.4 is 10.3 Å². The van der Waals surface area contributed by atoms with E-state index >= 15 is 0 Å². The lowest BCUT2D eigenvalue weighted by atomic mass is 10.2. The van der Waals surface area contributed by atoms with Gasteiger partial charge in [0.2, 0.25) is 10.0 Å². The maximum absolute atomic E-state index is 12.9. The molecule has 2 aromatic carbocycles. The lowest BCUT2D eigenvalue weighted by Crippen LogP contribution is -2.44. The predicted molar refractivity (Wildman–Crippen MR) is 123 cm³/mol. The van der Waals surface area contributed by atoms with E-state index < -0.39 is 22.0 Å². The third kappa shape index (κ3) is 5.03. The highest BCUT2D eigenvalue weighted by atomic mass is 79.9. The van der Waals surface area contributed by atoms with E-state index in [1.807, 2.05) is 37.2 Å². The highest BCUT2D eigenvalue weighted by Crippen LogP contribution is 2.27. The number of halogens is 2. The summed E-state index contributed by atoms with van der Waals surface area (Å²) in [4.78, 5) is 14.7. The Morgan fingerprint density at radius 1 is 1.27 bits per heavy atom. The monoisotopic (exact) mass is 512 g/mol. The first-order valence-electron chi connectivity index (χ1n) is 9.27. The smallest absolute Gasteiger partial charge is 0.258 e. The molecule has 1 saturated heterocycles. The SMILES string of the molecule is CN(C)c1ccc(/C=N\NC(=O)[C@@H]2CCCN2S(=O)(=O)c2ccc(Cl)cc2)cc1Br. The third-order valence-electron chi connectivity index (χ3n) is 4.77. The summed E-state index contributed by atoms with van der Waals surface area (Å²) in [7, 11) is 0.0937. The molecule has 1 amide bonds. The van der Waals surface area contributed by atoms with Crippen LogP contribution in [-0.4, -0.2) is 51.5 Å². The summed E-state index contributed by atoms with van der Waals surface area (Å²) in [5.74, 6) is -0.453. The molecule has 30 heavy (non-hydrogen) atoms. The van der Waals surface area contributed by atoms with Crippen molar-refractivity contribution in [3.63, 3.8) is 0 Å². The van der Waals surface area contributed by atoms with Crippen LogP contribution in [0.15, 0.2) is 56.9 Å². The summed E-state index contributed by atoms with van der Waals surface area (Å²) in [6.07, 6.45) is 2.57. The number of carbonyl (C=O) groups excluding carboxylic acids is 1. The van der Waals surface area contributed by atoms with Gasteiger partial charge in [-0.15, -0.1) is 0 Å². The first-order chi connectivity index (χ1) is 14.2. The topological polar surface area (TPSA) is 82.1 Å². The molecule has 2 aromatic rings. The fourth-order valence-electron chi connectivity index (χ4n) is 3.24. The molecule has 7 nitrogen and oxygen atoms in total. The van der Waals surface area contributed by atoms with Gasteiger partial charge in [0.15, 0.2) is 0 Å². The van der Waals surface area contributed by atoms with Gasteiger partial charge in [-0.2, -0.15) is 9.41 Å². The van der Waals surface area contributed by atoms with Crippen LogP contribution in [0.2, 0.25) is 5.02 Å². The number of amides is 1. The van der Waals surface area contributed by atoms with Gasteiger partial charge >= 0.3 is 0 Å². The van der Waals surface area contributed by atoms with E-state index in [1.165, 1.54) is 34.8 Å². The van der Waals surface area contributed by atoms with Gasteiger partial charge in [0.05, 0.1) is 16.8 Å². The summed E-state index contributed by atoms with van der Waals surface area (Å²) in [5.41, 5.74) is 4.28. The first kappa shape index (κ1) is 22.7. The molecule has 3 rings (SSSR count). The van der Waals surface area contributed by atoms with Gasteiger partial charge in [-0.3, -0.25) is 4.79 Å². The highest BCUT2D eigenvalue weighted by Gasteiger charge is 2.39. The van der Waals surface area contributed by atoms with Crippen molar-refractivity contribution >= 4 is 55.4 Å². The molecule has 0 saturated carbocycles. The lowest BCUT2D eigenvalue weighted by Gasteiger charge is -2.22. The van der Waals surface area contributed by atoms with E-state index in [2.05, 4.69) is 26.5 Å². The molecule has 1 atom stereocenters. The lowest BCUT2D eigenvalue weighted by molar-refractivity contribution is -0.124. The maximum Gasteiger partial charge on any atom is 0.258 e. The van der Waals surface area contributed by atoms with Crippen LogP contribution in [0.1, 0.15) is 18.4 Å². The van der Waals surface area contributed by atoms with Crippen molar-refractivity contribution in [2.75, 3.05) is 25.5 Å². The number of benzene rings is 2. The quantitative estimate of drug-likeness (QED) is 0.474. The normalized spacial score (nSPS) is 17.4. The molecule has 0 unspecified atom stereocenters. The molecule has 1 heterocycles. The number of hydrazone groups is 1. The Bertz CT molecular complexity index is 1060. The second-order valence-electron chi connectivity index (χ2n) is 7.07. The summed E-state index contributed by atoms with van der Waals surface area (Å²) in [6, 6.07) is 10.8. The standard InChI is InChI=1S/C20H22BrClN4O3S/c1-25(2)18-10-5-14(12-17(18)21)13-23-24-20(27)19-4-3-11-26(19)30(28,29)16-8-6-15(22)7-9-16/h5-10,12-13,19H,3-4,11H2,1-2H3,(H,24,27)/b23-13-/t19-/m0/s1. The Morgan fingerprint density at radius 2 is 1.97 bits per heavy atom. The maximum atomic E-state index is 12.9. The average molecular weight is 514 g/mol. The number of anilines is 1. The largest absolute Gasteiger partial charge is 0.377 e. The molecule has 0 bridgehead atoms. The number of sulfonamides is 1. The average Bonchev–Trinajstić information content (AvgIpc) is 3.19. The molecule has 1 N–H and O–H groups in total. The fraction of sp³-hybridized carbons (Fsp3) is 0.300. The van der Waals surface area contributed by atoms with E-state index in [4.69, 9.17) is 11.6 Å². The summed E-state index contributed by atoms with van der Waals surface area (Å²) >= 11 is 9.35. The number of hydrogen-bond donors (Lipinski definition) is 1. The minimum absolute atomic E-state index is 0.112. The van der Waals surface area contributed by atoms with E-state index in [0.29, 0.717) is 17.9 Å². The van der Waals surface area contributed by atoms with E-state index in [1.54, 1.807) is 0 Å². The minimum atomic E-state index is -3.79. The van der Waals surface area contributed by atoms with Crippen LogP contribution in [0.5, 0.6) is 0 Å². The zero-order chi connectivity index (χ0) is 21.9. The van der Waals surface area contributed by atoms with E-state index in [9.17, 15) is 13.2 Å². The fourth-order valence-corrected chi connectivity index (χ4v) is 5.78. The number of carbonyl (C=O) groups is 1. The third-order valence-corrected chi connectivity index (χ3v) is 7.58. The molecule has 1 fully saturated rings. The van der Waals surface area contributed by atoms with Crippen LogP contribution in [0, 0.1) is 0 Å². The minimum Gasteiger partial charge on any atom is -0.377 e. The van der Waals surface area contributed by atoms with Crippen molar-refractivity contribution in [3.8, 4) is 0 Å². The van der Waals surface area contributed by atoms with Gasteiger partial charge in [-0.25, -0.2) is 13.8 Å². The second-order valence-corrected chi connectivity index (χ2v) is 10.2. The van der Waals surface area contributed by atoms with Gasteiger partial charge in [0.25, 0.3) is 5.91 Å². The zero-order valence-electron chi connectivity index (χ0n) is 16.5. The molecule has 0 spiro atoms. The zero-order valence-corrected chi connectivity index (χ0v) is 19.7. The Balaban J connectivity index is 1.69. The molecule has 0 aromatic heterocycles. The van der Waals surface area contributed by atoms with Crippen LogP contribution in [-0.2, 0) is 14.8 Å². The summed E-state index contributed by atoms with van der Waals surface area (Å²) < 4.78 is 28.0. The highest BCUT2D eigenvalue weighted by molar-refractivity contribution is 9.10. The van der Waals surface area contributed by atoms with Crippen LogP contribution in [0.3, 0.4) is 0 Å². The van der Waals surface area contributed by atoms with Gasteiger partial charge in [-0.1, -0.05) is 17.7 Å². The first-order valence-corrected chi connectivity index (χ1v) is 11.9. The van der Waals surface area contributed by atoms with E-state index in [0.717, 1.165) is 15.7 Å². The number of rotatable bonds is 6. The molecule has 0 radical (unpaired) electrons. The molecular weight excluding hydrogens is 492 g/mol. The number of nitrogens with one attached hydrogen (secondary N) is 1. The Kier molecular flexibility index (Phi) is 7.18. The Labute approximate surface area is 189 Å². The number of hydrogen-bond acceptors (Lipinski definition) is 5. The second kappa shape index (κ2) is 9.47. The molecule has 1 aliphatic heterocycles. The predicted octanol–water partition coefficient (Wildman–Crippen LogP) is 3.47. The van der Waals surface area contributed by atoms with Crippen LogP contribution in [0.4, 0.5) is 5.69 Å². The van der Waals surface area contributed by atoms with Crippen molar-refractivity contribution in [1.82, 2.24) is 9.73 Å². The van der Waals surface area contributed by atoms with Gasteiger partial charge in [-0.05, 0) is 70.7 Å². The Morgan fingerprint density at radius 3 is 2.60 bits per heavy atom. The van der Waals surface area contributed by atoms with Crippen molar-refractivity contribution in [1.29, 1.82) is 0 Å². The summed E-state index contributed by atoms with van der Waals surface area (Å²) in [6.45, 7) is 0.283. The molecule has 0 aliphatic carbocycles.